The molecule has 2 nitrogen and oxygen atoms in total. The van der Waals surface area contributed by atoms with Gasteiger partial charge in [-0.3, -0.25) is 0 Å². The molecule has 3 aromatic rings. The van der Waals surface area contributed by atoms with Gasteiger partial charge in [-0.2, -0.15) is 0 Å². The SMILES string of the molecule is CC(C)C1CNCC(OCc2ccc3ccccc3c2)C1c1ccc(Cl)cc1.Cl. The molecule has 4 heteroatoms. The van der Waals surface area contributed by atoms with E-state index in [0.29, 0.717) is 24.4 Å². The molecule has 3 unspecified atom stereocenters. The number of hydrogen-bond donors (Lipinski definition) is 1. The molecular formula is C25H29Cl2NO. The number of nitrogens with one attached hydrogen (secondary N) is 1. The van der Waals surface area contributed by atoms with E-state index in [1.165, 1.54) is 21.9 Å². The number of piperidine rings is 1. The number of ether oxygens (including phenoxy) is 1. The molecule has 0 radical (unpaired) electrons. The Morgan fingerprint density at radius 1 is 0.966 bits per heavy atom. The minimum Gasteiger partial charge on any atom is -0.372 e. The second kappa shape index (κ2) is 9.95. The van der Waals surface area contributed by atoms with Gasteiger partial charge in [-0.25, -0.2) is 0 Å². The fraction of sp³-hybridized carbons (Fsp3) is 0.360. The molecule has 4 rings (SSSR count). The first-order valence-electron chi connectivity index (χ1n) is 10.2. The predicted molar refractivity (Wildman–Crippen MR) is 125 cm³/mol. The Balaban J connectivity index is 0.00000240. The van der Waals surface area contributed by atoms with Gasteiger partial charge in [0.2, 0.25) is 0 Å². The average Bonchev–Trinajstić information content (AvgIpc) is 2.72. The maximum atomic E-state index is 6.50. The van der Waals surface area contributed by atoms with Crippen LogP contribution in [0.1, 0.15) is 30.9 Å². The average molecular weight is 430 g/mol. The van der Waals surface area contributed by atoms with Gasteiger partial charge < -0.3 is 10.1 Å². The molecule has 1 saturated heterocycles. The summed E-state index contributed by atoms with van der Waals surface area (Å²) in [5.41, 5.74) is 2.55. The summed E-state index contributed by atoms with van der Waals surface area (Å²) < 4.78 is 6.50. The zero-order chi connectivity index (χ0) is 19.5. The van der Waals surface area contributed by atoms with E-state index in [1.807, 2.05) is 12.1 Å². The topological polar surface area (TPSA) is 21.3 Å². The van der Waals surface area contributed by atoms with Crippen molar-refractivity contribution in [3.05, 3.63) is 82.9 Å². The quantitative estimate of drug-likeness (QED) is 0.502. The van der Waals surface area contributed by atoms with Crippen LogP contribution in [-0.2, 0) is 11.3 Å². The number of halogens is 2. The minimum atomic E-state index is 0. The van der Waals surface area contributed by atoms with Gasteiger partial charge in [0.25, 0.3) is 0 Å². The molecule has 3 aromatic carbocycles. The van der Waals surface area contributed by atoms with Crippen LogP contribution in [0.2, 0.25) is 5.02 Å². The summed E-state index contributed by atoms with van der Waals surface area (Å²) in [7, 11) is 0. The first kappa shape index (κ1) is 22.1. The van der Waals surface area contributed by atoms with Gasteiger partial charge in [-0.1, -0.05) is 74.0 Å². The Bertz CT molecular complexity index is 926. The molecule has 1 heterocycles. The van der Waals surface area contributed by atoms with E-state index < -0.39 is 0 Å². The fourth-order valence-corrected chi connectivity index (χ4v) is 4.54. The maximum Gasteiger partial charge on any atom is 0.0775 e. The standard InChI is InChI=1S/C25H28ClNO.ClH/c1-17(2)23-14-27-15-24(25(23)20-9-11-22(26)12-10-20)28-16-18-7-8-19-5-3-4-6-21(19)13-18;/h3-13,17,23-25,27H,14-16H2,1-2H3;1H. The van der Waals surface area contributed by atoms with Crippen molar-refractivity contribution in [1.82, 2.24) is 5.32 Å². The van der Waals surface area contributed by atoms with E-state index in [2.05, 4.69) is 73.8 Å². The lowest BCUT2D eigenvalue weighted by Crippen LogP contribution is -2.48. The third kappa shape index (κ3) is 5.13. The van der Waals surface area contributed by atoms with Gasteiger partial charge in [-0.05, 0) is 58.5 Å². The molecule has 29 heavy (non-hydrogen) atoms. The number of fused-ring (bicyclic) bond motifs is 1. The Hall–Kier alpha value is -1.58. The van der Waals surface area contributed by atoms with Gasteiger partial charge in [0.05, 0.1) is 12.7 Å². The van der Waals surface area contributed by atoms with E-state index in [0.717, 1.165) is 18.1 Å². The highest BCUT2D eigenvalue weighted by Crippen LogP contribution is 2.37. The molecule has 0 aliphatic carbocycles. The first-order chi connectivity index (χ1) is 13.6. The lowest BCUT2D eigenvalue weighted by molar-refractivity contribution is -0.0133. The van der Waals surface area contributed by atoms with Crippen molar-refractivity contribution in [1.29, 1.82) is 0 Å². The Kier molecular flexibility index (Phi) is 7.59. The van der Waals surface area contributed by atoms with Gasteiger partial charge in [0, 0.05) is 17.5 Å². The molecule has 0 amide bonds. The van der Waals surface area contributed by atoms with Crippen LogP contribution in [0.15, 0.2) is 66.7 Å². The van der Waals surface area contributed by atoms with Crippen LogP contribution in [0.25, 0.3) is 10.8 Å². The summed E-state index contributed by atoms with van der Waals surface area (Å²) in [5, 5.41) is 6.91. The number of benzene rings is 3. The summed E-state index contributed by atoms with van der Waals surface area (Å²) in [4.78, 5) is 0. The van der Waals surface area contributed by atoms with Crippen molar-refractivity contribution >= 4 is 34.8 Å². The summed E-state index contributed by atoms with van der Waals surface area (Å²) in [5.74, 6) is 1.50. The van der Waals surface area contributed by atoms with Crippen LogP contribution in [0, 0.1) is 11.8 Å². The molecule has 154 valence electrons. The second-order valence-corrected chi connectivity index (χ2v) is 8.61. The highest BCUT2D eigenvalue weighted by Gasteiger charge is 2.36. The van der Waals surface area contributed by atoms with Crippen molar-refractivity contribution in [2.24, 2.45) is 11.8 Å². The van der Waals surface area contributed by atoms with Gasteiger partial charge >= 0.3 is 0 Å². The largest absolute Gasteiger partial charge is 0.372 e. The van der Waals surface area contributed by atoms with E-state index in [1.54, 1.807) is 0 Å². The monoisotopic (exact) mass is 429 g/mol. The summed E-state index contributed by atoms with van der Waals surface area (Å²) in [6, 6.07) is 23.4. The summed E-state index contributed by atoms with van der Waals surface area (Å²) in [6.07, 6.45) is 0.147. The van der Waals surface area contributed by atoms with Crippen molar-refractivity contribution < 1.29 is 4.74 Å². The predicted octanol–water partition coefficient (Wildman–Crippen LogP) is 6.46. The third-order valence-electron chi connectivity index (χ3n) is 5.98. The van der Waals surface area contributed by atoms with Crippen LogP contribution in [0.3, 0.4) is 0 Å². The molecule has 1 N–H and O–H groups in total. The highest BCUT2D eigenvalue weighted by molar-refractivity contribution is 6.30. The smallest absolute Gasteiger partial charge is 0.0775 e. The van der Waals surface area contributed by atoms with Crippen molar-refractivity contribution in [2.75, 3.05) is 13.1 Å². The first-order valence-corrected chi connectivity index (χ1v) is 10.5. The van der Waals surface area contributed by atoms with Crippen LogP contribution >= 0.6 is 24.0 Å². The molecule has 1 aliphatic rings. The van der Waals surface area contributed by atoms with Gasteiger partial charge in [-0.15, -0.1) is 12.4 Å². The Labute approximate surface area is 185 Å². The lowest BCUT2D eigenvalue weighted by Gasteiger charge is -2.41. The summed E-state index contributed by atoms with van der Waals surface area (Å²) in [6.45, 7) is 7.15. The molecule has 0 saturated carbocycles. The lowest BCUT2D eigenvalue weighted by atomic mass is 9.74. The van der Waals surface area contributed by atoms with Crippen LogP contribution in [-0.4, -0.2) is 19.2 Å². The number of hydrogen-bond acceptors (Lipinski definition) is 2. The zero-order valence-electron chi connectivity index (χ0n) is 17.0. The molecule has 1 fully saturated rings. The van der Waals surface area contributed by atoms with E-state index >= 15 is 0 Å². The molecule has 1 aliphatic heterocycles. The van der Waals surface area contributed by atoms with Crippen LogP contribution < -0.4 is 5.32 Å². The second-order valence-electron chi connectivity index (χ2n) is 8.17. The minimum absolute atomic E-state index is 0. The van der Waals surface area contributed by atoms with Crippen molar-refractivity contribution in [3.63, 3.8) is 0 Å². The zero-order valence-corrected chi connectivity index (χ0v) is 18.5. The van der Waals surface area contributed by atoms with E-state index in [-0.39, 0.29) is 18.5 Å². The Morgan fingerprint density at radius 2 is 1.69 bits per heavy atom. The van der Waals surface area contributed by atoms with E-state index in [9.17, 15) is 0 Å². The van der Waals surface area contributed by atoms with E-state index in [4.69, 9.17) is 16.3 Å². The number of rotatable bonds is 5. The van der Waals surface area contributed by atoms with Crippen LogP contribution in [0.4, 0.5) is 0 Å². The van der Waals surface area contributed by atoms with Crippen molar-refractivity contribution in [2.45, 2.75) is 32.5 Å². The molecule has 0 spiro atoms. The summed E-state index contributed by atoms with van der Waals surface area (Å²) >= 11 is 6.13. The van der Waals surface area contributed by atoms with Crippen molar-refractivity contribution in [3.8, 4) is 0 Å². The van der Waals surface area contributed by atoms with Gasteiger partial charge in [0.1, 0.15) is 0 Å². The molecular weight excluding hydrogens is 401 g/mol. The molecule has 0 aromatic heterocycles. The maximum absolute atomic E-state index is 6.50. The fourth-order valence-electron chi connectivity index (χ4n) is 4.41. The normalized spacial score (nSPS) is 21.9. The molecule has 3 atom stereocenters. The third-order valence-corrected chi connectivity index (χ3v) is 6.23. The molecule has 0 bridgehead atoms. The van der Waals surface area contributed by atoms with Gasteiger partial charge in [0.15, 0.2) is 0 Å². The Morgan fingerprint density at radius 3 is 2.41 bits per heavy atom. The van der Waals surface area contributed by atoms with Crippen LogP contribution in [0.5, 0.6) is 0 Å². The highest BCUT2D eigenvalue weighted by atomic mass is 35.5.